The van der Waals surface area contributed by atoms with E-state index in [4.69, 9.17) is 9.47 Å². The normalized spacial score (nSPS) is 32.8. The number of urea groups is 1. The number of carbonyl (C=O) groups excluding carboxylic acids is 3. The Morgan fingerprint density at radius 3 is 2.90 bits per heavy atom. The first kappa shape index (κ1) is 26.7. The van der Waals surface area contributed by atoms with E-state index in [0.717, 1.165) is 66.7 Å². The molecule has 6 aliphatic rings. The molecule has 4 fully saturated rings. The molecule has 9 heteroatoms. The average molecular weight is 574 g/mol. The van der Waals surface area contributed by atoms with Crippen molar-refractivity contribution in [3.8, 4) is 11.8 Å². The van der Waals surface area contributed by atoms with E-state index in [1.165, 1.54) is 12.8 Å². The lowest BCUT2D eigenvalue weighted by atomic mass is 9.77. The maximum Gasteiger partial charge on any atom is 0.332 e. The van der Waals surface area contributed by atoms with Crippen LogP contribution in [0.2, 0.25) is 0 Å². The minimum absolute atomic E-state index is 0.0645. The van der Waals surface area contributed by atoms with Gasteiger partial charge in [-0.2, -0.15) is 11.8 Å². The standard InChI is InChI=1S/C32H35N3O5S/c36-28(7-2-1-5-26-30-25(19-41-26)33-31(38)34-30)39-18-21-10-8-20(9-11-21)12-13-22-15-23-17-32(24(22)16-29(37)40-32)27-6-3-4-14-35(23)27/h8-11,15-16,23,25-27,30H,1-7,14,17-19H2,(H2,33,34,38). The van der Waals surface area contributed by atoms with Crippen LogP contribution in [0.15, 0.2) is 47.6 Å². The van der Waals surface area contributed by atoms with E-state index in [-0.39, 0.29) is 48.7 Å². The highest BCUT2D eigenvalue weighted by molar-refractivity contribution is 8.00. The summed E-state index contributed by atoms with van der Waals surface area (Å²) in [5.74, 6) is 7.13. The van der Waals surface area contributed by atoms with Gasteiger partial charge in [-0.15, -0.1) is 0 Å². The van der Waals surface area contributed by atoms with Gasteiger partial charge in [-0.25, -0.2) is 9.59 Å². The van der Waals surface area contributed by atoms with Crippen molar-refractivity contribution >= 4 is 29.7 Å². The molecule has 2 bridgehead atoms. The van der Waals surface area contributed by atoms with Crippen molar-refractivity contribution in [2.75, 3.05) is 12.3 Å². The van der Waals surface area contributed by atoms with Gasteiger partial charge in [0.25, 0.3) is 0 Å². The number of ether oxygens (including phenoxy) is 2. The lowest BCUT2D eigenvalue weighted by Crippen LogP contribution is -2.48. The molecule has 8 nitrogen and oxygen atoms in total. The number of amides is 2. The van der Waals surface area contributed by atoms with Crippen LogP contribution in [-0.2, 0) is 25.7 Å². The Kier molecular flexibility index (Phi) is 7.08. The number of piperidine rings is 1. The molecule has 0 saturated carbocycles. The Morgan fingerprint density at radius 2 is 2.02 bits per heavy atom. The summed E-state index contributed by atoms with van der Waals surface area (Å²) < 4.78 is 11.5. The van der Waals surface area contributed by atoms with E-state index < -0.39 is 5.60 Å². The monoisotopic (exact) mass is 573 g/mol. The number of benzene rings is 1. The quantitative estimate of drug-likeness (QED) is 0.223. The van der Waals surface area contributed by atoms with Crippen LogP contribution >= 0.6 is 11.8 Å². The van der Waals surface area contributed by atoms with Crippen LogP contribution in [-0.4, -0.2) is 70.2 Å². The summed E-state index contributed by atoms with van der Waals surface area (Å²) in [5.41, 5.74) is 3.13. The molecule has 4 saturated heterocycles. The third-order valence-corrected chi connectivity index (χ3v) is 10.9. The number of esters is 2. The van der Waals surface area contributed by atoms with Crippen LogP contribution in [0.4, 0.5) is 4.79 Å². The number of nitrogens with one attached hydrogen (secondary N) is 2. The Labute approximate surface area is 244 Å². The second-order valence-electron chi connectivity index (χ2n) is 11.9. The first-order valence-corrected chi connectivity index (χ1v) is 15.9. The Balaban J connectivity index is 0.897. The Morgan fingerprint density at radius 1 is 1.15 bits per heavy atom. The molecule has 1 spiro atoms. The van der Waals surface area contributed by atoms with E-state index >= 15 is 0 Å². The summed E-state index contributed by atoms with van der Waals surface area (Å²) in [4.78, 5) is 38.7. The zero-order valence-electron chi connectivity index (χ0n) is 23.0. The Bertz CT molecular complexity index is 1380. The van der Waals surface area contributed by atoms with Crippen molar-refractivity contribution < 1.29 is 23.9 Å². The van der Waals surface area contributed by atoms with Crippen molar-refractivity contribution in [2.24, 2.45) is 0 Å². The first-order valence-electron chi connectivity index (χ1n) is 14.9. The maximum absolute atomic E-state index is 12.4. The van der Waals surface area contributed by atoms with Crippen LogP contribution < -0.4 is 10.6 Å². The summed E-state index contributed by atoms with van der Waals surface area (Å²) >= 11 is 1.90. The van der Waals surface area contributed by atoms with Gasteiger partial charge in [0, 0.05) is 52.7 Å². The van der Waals surface area contributed by atoms with Gasteiger partial charge in [0.05, 0.1) is 18.1 Å². The zero-order chi connectivity index (χ0) is 28.0. The average Bonchev–Trinajstić information content (AvgIpc) is 3.70. The van der Waals surface area contributed by atoms with Crippen molar-refractivity contribution in [3.63, 3.8) is 0 Å². The summed E-state index contributed by atoms with van der Waals surface area (Å²) in [6.45, 7) is 1.29. The van der Waals surface area contributed by atoms with Gasteiger partial charge in [0.2, 0.25) is 0 Å². The number of hydrogen-bond donors (Lipinski definition) is 2. The highest BCUT2D eigenvalue weighted by Crippen LogP contribution is 2.53. The fourth-order valence-corrected chi connectivity index (χ4v) is 9.03. The predicted octanol–water partition coefficient (Wildman–Crippen LogP) is 3.60. The molecule has 7 rings (SSSR count). The van der Waals surface area contributed by atoms with Gasteiger partial charge in [0.15, 0.2) is 5.60 Å². The predicted molar refractivity (Wildman–Crippen MR) is 155 cm³/mol. The number of hydrogen-bond acceptors (Lipinski definition) is 7. The Hall–Kier alpha value is -3.22. The van der Waals surface area contributed by atoms with Crippen LogP contribution in [0.25, 0.3) is 0 Å². The smallest absolute Gasteiger partial charge is 0.332 e. The second kappa shape index (κ2) is 10.9. The number of carbonyl (C=O) groups is 3. The van der Waals surface area contributed by atoms with Gasteiger partial charge in [-0.1, -0.05) is 42.9 Å². The minimum Gasteiger partial charge on any atom is -0.461 e. The lowest BCUT2D eigenvalue weighted by Gasteiger charge is -2.38. The number of rotatable bonds is 7. The fraction of sp³-hybridized carbons (Fsp3) is 0.531. The molecule has 1 aromatic rings. The highest BCUT2D eigenvalue weighted by atomic mass is 32.2. The molecule has 5 aliphatic heterocycles. The molecule has 2 amide bonds. The lowest BCUT2D eigenvalue weighted by molar-refractivity contribution is -0.148. The summed E-state index contributed by atoms with van der Waals surface area (Å²) in [6, 6.07) is 8.68. The number of fused-ring (bicyclic) bond motifs is 4. The topological polar surface area (TPSA) is 97.0 Å². The van der Waals surface area contributed by atoms with Crippen molar-refractivity contribution in [3.05, 3.63) is 58.7 Å². The maximum atomic E-state index is 12.4. The minimum atomic E-state index is -0.529. The van der Waals surface area contributed by atoms with Crippen molar-refractivity contribution in [1.82, 2.24) is 15.5 Å². The number of unbranched alkanes of at least 4 members (excludes halogenated alkanes) is 1. The van der Waals surface area contributed by atoms with Crippen LogP contribution in [0.1, 0.15) is 62.5 Å². The zero-order valence-corrected chi connectivity index (χ0v) is 23.8. The molecule has 6 atom stereocenters. The molecule has 2 N–H and O–H groups in total. The van der Waals surface area contributed by atoms with Gasteiger partial charge >= 0.3 is 18.0 Å². The molecule has 6 unspecified atom stereocenters. The van der Waals surface area contributed by atoms with Crippen LogP contribution in [0.3, 0.4) is 0 Å². The van der Waals surface area contributed by atoms with E-state index in [1.807, 2.05) is 36.0 Å². The summed E-state index contributed by atoms with van der Waals surface area (Å²) in [5, 5.41) is 6.39. The largest absolute Gasteiger partial charge is 0.461 e. The molecule has 41 heavy (non-hydrogen) atoms. The second-order valence-corrected chi connectivity index (χ2v) is 13.2. The van der Waals surface area contributed by atoms with E-state index in [9.17, 15) is 14.4 Å². The number of thioether (sulfide) groups is 1. The third-order valence-electron chi connectivity index (χ3n) is 9.42. The SMILES string of the molecule is O=C1NC2CSC(CCCCC(=O)OCc3ccc(C#CC4=CC5CC6(OC(=O)C=C46)C4CCCCN54)cc3)C2N1. The molecule has 1 aromatic carbocycles. The third kappa shape index (κ3) is 5.06. The van der Waals surface area contributed by atoms with Crippen molar-refractivity contribution in [2.45, 2.75) is 93.0 Å². The summed E-state index contributed by atoms with van der Waals surface area (Å²) in [6.07, 6.45) is 11.2. The molecular formula is C32H35N3O5S. The van der Waals surface area contributed by atoms with E-state index in [2.05, 4.69) is 33.5 Å². The van der Waals surface area contributed by atoms with Crippen LogP contribution in [0, 0.1) is 11.8 Å². The molecule has 1 aliphatic carbocycles. The van der Waals surface area contributed by atoms with Crippen molar-refractivity contribution in [1.29, 1.82) is 0 Å². The van der Waals surface area contributed by atoms with E-state index in [0.29, 0.717) is 11.7 Å². The molecular weight excluding hydrogens is 538 g/mol. The summed E-state index contributed by atoms with van der Waals surface area (Å²) in [7, 11) is 0. The molecule has 5 heterocycles. The molecule has 214 valence electrons. The number of nitrogens with zero attached hydrogens (tertiary/aromatic N) is 1. The van der Waals surface area contributed by atoms with Gasteiger partial charge < -0.3 is 20.1 Å². The molecule has 0 radical (unpaired) electrons. The van der Waals surface area contributed by atoms with E-state index in [1.54, 1.807) is 6.08 Å². The van der Waals surface area contributed by atoms with Gasteiger partial charge in [-0.3, -0.25) is 9.69 Å². The van der Waals surface area contributed by atoms with Crippen LogP contribution in [0.5, 0.6) is 0 Å². The molecule has 0 aromatic heterocycles. The van der Waals surface area contributed by atoms with Gasteiger partial charge in [0.1, 0.15) is 6.61 Å². The first-order chi connectivity index (χ1) is 20.0. The fourth-order valence-electron chi connectivity index (χ4n) is 7.49. The highest BCUT2D eigenvalue weighted by Gasteiger charge is 2.61. The van der Waals surface area contributed by atoms with Gasteiger partial charge in [-0.05, 0) is 49.9 Å².